The molecular weight excluding hydrogens is 254 g/mol. The van der Waals surface area contributed by atoms with Crippen LogP contribution in [0.4, 0.5) is 0 Å². The van der Waals surface area contributed by atoms with E-state index in [4.69, 9.17) is 0 Å². The first-order valence-corrected chi connectivity index (χ1v) is 7.75. The van der Waals surface area contributed by atoms with Crippen molar-refractivity contribution >= 4 is 11.3 Å². The van der Waals surface area contributed by atoms with Crippen molar-refractivity contribution in [3.63, 3.8) is 0 Å². The summed E-state index contributed by atoms with van der Waals surface area (Å²) in [4.78, 5) is 0. The van der Waals surface area contributed by atoms with Gasteiger partial charge in [-0.2, -0.15) is 11.3 Å². The average Bonchev–Trinajstić information content (AvgIpc) is 2.99. The van der Waals surface area contributed by atoms with Crippen LogP contribution in [0.2, 0.25) is 0 Å². The van der Waals surface area contributed by atoms with Crippen molar-refractivity contribution < 1.29 is 5.11 Å². The number of aromatic hydroxyl groups is 1. The molecule has 1 heterocycles. The zero-order chi connectivity index (χ0) is 13.2. The maximum Gasteiger partial charge on any atom is 0.115 e. The average molecular weight is 273 g/mol. The van der Waals surface area contributed by atoms with Gasteiger partial charge >= 0.3 is 0 Å². The minimum atomic E-state index is 0.380. The predicted octanol–water partition coefficient (Wildman–Crippen LogP) is 3.66. The Bertz CT molecular complexity index is 550. The van der Waals surface area contributed by atoms with Crippen LogP contribution < -0.4 is 5.32 Å². The lowest BCUT2D eigenvalue weighted by atomic mass is 10.1. The Morgan fingerprint density at radius 3 is 3.11 bits per heavy atom. The van der Waals surface area contributed by atoms with Gasteiger partial charge in [-0.3, -0.25) is 0 Å². The number of fused-ring (bicyclic) bond motifs is 1. The number of aryl methyl sites for hydroxylation is 1. The van der Waals surface area contributed by atoms with E-state index in [1.54, 1.807) is 17.4 Å². The number of hydrogen-bond donors (Lipinski definition) is 2. The maximum atomic E-state index is 9.52. The molecule has 2 nitrogen and oxygen atoms in total. The quantitative estimate of drug-likeness (QED) is 0.891. The predicted molar refractivity (Wildman–Crippen MR) is 79.8 cm³/mol. The molecule has 19 heavy (non-hydrogen) atoms. The third-order valence-corrected chi connectivity index (χ3v) is 4.54. The molecule has 0 amide bonds. The van der Waals surface area contributed by atoms with Crippen LogP contribution in [-0.4, -0.2) is 11.1 Å². The lowest BCUT2D eigenvalue weighted by Gasteiger charge is -2.20. The number of rotatable bonds is 4. The summed E-state index contributed by atoms with van der Waals surface area (Å²) in [6.45, 7) is 2.25. The van der Waals surface area contributed by atoms with Gasteiger partial charge < -0.3 is 10.4 Å². The number of hydrogen-bond acceptors (Lipinski definition) is 3. The Hall–Kier alpha value is -1.32. The molecule has 1 aromatic carbocycles. The van der Waals surface area contributed by atoms with E-state index in [1.165, 1.54) is 16.7 Å². The fourth-order valence-corrected chi connectivity index (χ4v) is 3.62. The zero-order valence-corrected chi connectivity index (χ0v) is 11.9. The molecule has 1 aliphatic carbocycles. The van der Waals surface area contributed by atoms with Gasteiger partial charge in [-0.25, -0.2) is 0 Å². The summed E-state index contributed by atoms with van der Waals surface area (Å²) >= 11 is 1.76. The molecule has 1 aliphatic rings. The van der Waals surface area contributed by atoms with Crippen LogP contribution in [0, 0.1) is 0 Å². The topological polar surface area (TPSA) is 32.3 Å². The molecule has 100 valence electrons. The minimum Gasteiger partial charge on any atom is -0.508 e. The Morgan fingerprint density at radius 1 is 1.42 bits per heavy atom. The molecule has 0 aliphatic heterocycles. The van der Waals surface area contributed by atoms with E-state index in [2.05, 4.69) is 35.1 Å². The van der Waals surface area contributed by atoms with Crippen LogP contribution >= 0.6 is 11.3 Å². The Balaban J connectivity index is 1.66. The van der Waals surface area contributed by atoms with Crippen LogP contribution in [0.25, 0.3) is 0 Å². The fraction of sp³-hybridized carbons (Fsp3) is 0.375. The molecule has 0 radical (unpaired) electrons. The number of phenolic OH excluding ortho intramolecular Hbond substituents is 1. The third kappa shape index (κ3) is 2.82. The standard InChI is InChI=1S/C16H19NOS/c1-11(8-12-6-7-19-10-12)17-16-5-2-13-9-14(18)3-4-15(13)16/h3-4,6-7,9-11,16-18H,2,5,8H2,1H3. The highest BCUT2D eigenvalue weighted by Crippen LogP contribution is 2.33. The largest absolute Gasteiger partial charge is 0.508 e. The highest BCUT2D eigenvalue weighted by molar-refractivity contribution is 7.07. The van der Waals surface area contributed by atoms with E-state index in [9.17, 15) is 5.11 Å². The van der Waals surface area contributed by atoms with Crippen molar-refractivity contribution in [2.24, 2.45) is 0 Å². The van der Waals surface area contributed by atoms with Gasteiger partial charge in [0.1, 0.15) is 5.75 Å². The van der Waals surface area contributed by atoms with Crippen molar-refractivity contribution in [1.29, 1.82) is 0 Å². The Morgan fingerprint density at radius 2 is 2.32 bits per heavy atom. The SMILES string of the molecule is CC(Cc1ccsc1)NC1CCc2cc(O)ccc21. The Labute approximate surface area is 118 Å². The summed E-state index contributed by atoms with van der Waals surface area (Å²) in [6, 6.07) is 8.86. The molecule has 0 saturated heterocycles. The summed E-state index contributed by atoms with van der Waals surface area (Å²) < 4.78 is 0. The first kappa shape index (κ1) is 12.7. The van der Waals surface area contributed by atoms with Crippen LogP contribution in [0.1, 0.15) is 36.1 Å². The molecule has 2 N–H and O–H groups in total. The van der Waals surface area contributed by atoms with E-state index >= 15 is 0 Å². The maximum absolute atomic E-state index is 9.52. The fourth-order valence-electron chi connectivity index (χ4n) is 2.94. The first-order chi connectivity index (χ1) is 9.22. The van der Waals surface area contributed by atoms with Crippen molar-refractivity contribution in [2.45, 2.75) is 38.3 Å². The van der Waals surface area contributed by atoms with Crippen molar-refractivity contribution in [3.05, 3.63) is 51.7 Å². The zero-order valence-electron chi connectivity index (χ0n) is 11.1. The summed E-state index contributed by atoms with van der Waals surface area (Å²) in [5.74, 6) is 0.380. The van der Waals surface area contributed by atoms with Crippen LogP contribution in [0.5, 0.6) is 5.75 Å². The van der Waals surface area contributed by atoms with E-state index in [-0.39, 0.29) is 0 Å². The smallest absolute Gasteiger partial charge is 0.115 e. The van der Waals surface area contributed by atoms with Crippen LogP contribution in [-0.2, 0) is 12.8 Å². The molecule has 2 atom stereocenters. The first-order valence-electron chi connectivity index (χ1n) is 6.81. The van der Waals surface area contributed by atoms with Gasteiger partial charge in [0.2, 0.25) is 0 Å². The second kappa shape index (κ2) is 5.35. The van der Waals surface area contributed by atoms with Crippen molar-refractivity contribution in [1.82, 2.24) is 5.32 Å². The van der Waals surface area contributed by atoms with E-state index in [0.717, 1.165) is 19.3 Å². The normalized spacial score (nSPS) is 19.3. The molecule has 0 saturated carbocycles. The number of thiophene rings is 1. The van der Waals surface area contributed by atoms with Gasteiger partial charge in [-0.1, -0.05) is 6.07 Å². The Kier molecular flexibility index (Phi) is 3.58. The van der Waals surface area contributed by atoms with Gasteiger partial charge in [0.15, 0.2) is 0 Å². The number of benzene rings is 1. The third-order valence-electron chi connectivity index (χ3n) is 3.81. The number of phenols is 1. The molecular formula is C16H19NOS. The van der Waals surface area contributed by atoms with Gasteiger partial charge in [0.05, 0.1) is 0 Å². The second-order valence-electron chi connectivity index (χ2n) is 5.38. The highest BCUT2D eigenvalue weighted by Gasteiger charge is 2.23. The lowest BCUT2D eigenvalue weighted by Crippen LogP contribution is -2.31. The van der Waals surface area contributed by atoms with Gasteiger partial charge in [0.25, 0.3) is 0 Å². The van der Waals surface area contributed by atoms with E-state index in [1.807, 2.05) is 6.07 Å². The summed E-state index contributed by atoms with van der Waals surface area (Å²) in [5, 5.41) is 17.6. The molecule has 0 fully saturated rings. The summed E-state index contributed by atoms with van der Waals surface area (Å²) in [7, 11) is 0. The van der Waals surface area contributed by atoms with Crippen LogP contribution in [0.15, 0.2) is 35.0 Å². The molecule has 0 bridgehead atoms. The van der Waals surface area contributed by atoms with Gasteiger partial charge in [-0.15, -0.1) is 0 Å². The number of nitrogens with one attached hydrogen (secondary N) is 1. The highest BCUT2D eigenvalue weighted by atomic mass is 32.1. The molecule has 2 unspecified atom stereocenters. The van der Waals surface area contributed by atoms with E-state index < -0.39 is 0 Å². The van der Waals surface area contributed by atoms with Gasteiger partial charge in [-0.05, 0) is 71.8 Å². The second-order valence-corrected chi connectivity index (χ2v) is 6.16. The van der Waals surface area contributed by atoms with Crippen LogP contribution in [0.3, 0.4) is 0 Å². The van der Waals surface area contributed by atoms with Crippen molar-refractivity contribution in [2.75, 3.05) is 0 Å². The van der Waals surface area contributed by atoms with E-state index in [0.29, 0.717) is 17.8 Å². The molecule has 3 rings (SSSR count). The molecule has 0 spiro atoms. The molecule has 1 aromatic heterocycles. The summed E-state index contributed by atoms with van der Waals surface area (Å²) in [6.07, 6.45) is 3.27. The van der Waals surface area contributed by atoms with Gasteiger partial charge in [0, 0.05) is 12.1 Å². The summed E-state index contributed by atoms with van der Waals surface area (Å²) in [5.41, 5.74) is 4.06. The monoisotopic (exact) mass is 273 g/mol. The molecule has 3 heteroatoms. The lowest BCUT2D eigenvalue weighted by molar-refractivity contribution is 0.451. The molecule has 2 aromatic rings. The minimum absolute atomic E-state index is 0.380. The van der Waals surface area contributed by atoms with Crippen molar-refractivity contribution in [3.8, 4) is 5.75 Å².